The van der Waals surface area contributed by atoms with Crippen molar-refractivity contribution in [1.82, 2.24) is 4.57 Å². The highest BCUT2D eigenvalue weighted by Crippen LogP contribution is 2.33. The highest BCUT2D eigenvalue weighted by molar-refractivity contribution is 5.88. The summed E-state index contributed by atoms with van der Waals surface area (Å²) >= 11 is 0. The standard InChI is InChI=1S/C16H23N/c1-6-8-13-15-12(4)9-7-10-14(15)17(5)16(13)11(2)3/h7,9-11H,6,8H2,1-5H3. The van der Waals surface area contributed by atoms with Crippen LogP contribution in [0.2, 0.25) is 0 Å². The van der Waals surface area contributed by atoms with Gasteiger partial charge in [-0.1, -0.05) is 39.3 Å². The molecule has 92 valence electrons. The molecule has 1 aromatic heterocycles. The van der Waals surface area contributed by atoms with Crippen LogP contribution in [0.25, 0.3) is 10.9 Å². The van der Waals surface area contributed by atoms with Crippen molar-refractivity contribution in [3.63, 3.8) is 0 Å². The second-order valence-corrected chi connectivity index (χ2v) is 5.30. The number of nitrogens with zero attached hydrogens (tertiary/aromatic N) is 1. The molecule has 0 aliphatic rings. The van der Waals surface area contributed by atoms with Gasteiger partial charge in [-0.2, -0.15) is 0 Å². The molecule has 0 unspecified atom stereocenters. The quantitative estimate of drug-likeness (QED) is 0.727. The zero-order chi connectivity index (χ0) is 12.6. The van der Waals surface area contributed by atoms with Gasteiger partial charge < -0.3 is 4.57 Å². The van der Waals surface area contributed by atoms with Crippen molar-refractivity contribution in [3.8, 4) is 0 Å². The van der Waals surface area contributed by atoms with Crippen LogP contribution in [0.5, 0.6) is 0 Å². The van der Waals surface area contributed by atoms with E-state index in [0.29, 0.717) is 5.92 Å². The Morgan fingerprint density at radius 1 is 1.24 bits per heavy atom. The first-order valence-electron chi connectivity index (χ1n) is 6.64. The van der Waals surface area contributed by atoms with Crippen molar-refractivity contribution in [2.24, 2.45) is 7.05 Å². The van der Waals surface area contributed by atoms with E-state index in [2.05, 4.69) is 57.5 Å². The van der Waals surface area contributed by atoms with Crippen LogP contribution in [0.1, 0.15) is 49.9 Å². The van der Waals surface area contributed by atoms with Crippen LogP contribution in [-0.4, -0.2) is 4.57 Å². The van der Waals surface area contributed by atoms with E-state index >= 15 is 0 Å². The third-order valence-corrected chi connectivity index (χ3v) is 3.63. The van der Waals surface area contributed by atoms with Crippen molar-refractivity contribution < 1.29 is 0 Å². The number of hydrogen-bond acceptors (Lipinski definition) is 0. The lowest BCUT2D eigenvalue weighted by molar-refractivity contribution is 0.733. The van der Waals surface area contributed by atoms with Crippen molar-refractivity contribution in [2.45, 2.75) is 46.5 Å². The molecular formula is C16H23N. The molecule has 2 aromatic rings. The minimum atomic E-state index is 0.591. The molecule has 17 heavy (non-hydrogen) atoms. The minimum Gasteiger partial charge on any atom is -0.347 e. The number of fused-ring (bicyclic) bond motifs is 1. The van der Waals surface area contributed by atoms with E-state index in [9.17, 15) is 0 Å². The number of rotatable bonds is 3. The lowest BCUT2D eigenvalue weighted by Crippen LogP contribution is -2.01. The molecule has 1 aromatic carbocycles. The summed E-state index contributed by atoms with van der Waals surface area (Å²) in [5.41, 5.74) is 5.87. The van der Waals surface area contributed by atoms with Gasteiger partial charge in [0, 0.05) is 23.6 Å². The fourth-order valence-corrected chi connectivity index (χ4v) is 3.02. The van der Waals surface area contributed by atoms with Crippen molar-refractivity contribution in [1.29, 1.82) is 0 Å². The Kier molecular flexibility index (Phi) is 3.28. The van der Waals surface area contributed by atoms with E-state index in [1.54, 1.807) is 5.56 Å². The Labute approximate surface area is 104 Å². The van der Waals surface area contributed by atoms with Gasteiger partial charge in [-0.25, -0.2) is 0 Å². The first kappa shape index (κ1) is 12.2. The van der Waals surface area contributed by atoms with Gasteiger partial charge in [0.2, 0.25) is 0 Å². The SMILES string of the molecule is CCCc1c(C(C)C)n(C)c2cccc(C)c12. The first-order valence-corrected chi connectivity index (χ1v) is 6.64. The normalized spacial score (nSPS) is 11.6. The molecule has 1 heteroatoms. The zero-order valence-corrected chi connectivity index (χ0v) is 11.7. The van der Waals surface area contributed by atoms with Crippen LogP contribution >= 0.6 is 0 Å². The monoisotopic (exact) mass is 229 g/mol. The van der Waals surface area contributed by atoms with Crippen molar-refractivity contribution in [3.05, 3.63) is 35.0 Å². The van der Waals surface area contributed by atoms with Crippen LogP contribution in [0.3, 0.4) is 0 Å². The van der Waals surface area contributed by atoms with Gasteiger partial charge in [-0.15, -0.1) is 0 Å². The Bertz CT molecular complexity index is 532. The summed E-state index contributed by atoms with van der Waals surface area (Å²) in [7, 11) is 2.20. The van der Waals surface area contributed by atoms with Crippen molar-refractivity contribution >= 4 is 10.9 Å². The second kappa shape index (κ2) is 4.56. The average Bonchev–Trinajstić information content (AvgIpc) is 2.54. The third kappa shape index (κ3) is 1.88. The van der Waals surface area contributed by atoms with Gasteiger partial charge in [0.1, 0.15) is 0 Å². The Morgan fingerprint density at radius 3 is 2.53 bits per heavy atom. The van der Waals surface area contributed by atoms with E-state index < -0.39 is 0 Å². The molecule has 0 fully saturated rings. The molecule has 0 N–H and O–H groups in total. The third-order valence-electron chi connectivity index (χ3n) is 3.63. The number of aryl methyl sites for hydroxylation is 3. The number of benzene rings is 1. The molecule has 0 saturated heterocycles. The molecule has 0 radical (unpaired) electrons. The first-order chi connectivity index (χ1) is 8.07. The Morgan fingerprint density at radius 2 is 1.94 bits per heavy atom. The summed E-state index contributed by atoms with van der Waals surface area (Å²) in [6, 6.07) is 6.64. The Balaban J connectivity index is 2.84. The van der Waals surface area contributed by atoms with Crippen LogP contribution in [0.15, 0.2) is 18.2 Å². The maximum atomic E-state index is 2.39. The summed E-state index contributed by atoms with van der Waals surface area (Å²) in [6.07, 6.45) is 2.41. The summed E-state index contributed by atoms with van der Waals surface area (Å²) in [5.74, 6) is 0.591. The Hall–Kier alpha value is -1.24. The van der Waals surface area contributed by atoms with Gasteiger partial charge in [0.25, 0.3) is 0 Å². The van der Waals surface area contributed by atoms with Crippen LogP contribution < -0.4 is 0 Å². The highest BCUT2D eigenvalue weighted by atomic mass is 15.0. The highest BCUT2D eigenvalue weighted by Gasteiger charge is 2.17. The second-order valence-electron chi connectivity index (χ2n) is 5.30. The summed E-state index contributed by atoms with van der Waals surface area (Å²) in [4.78, 5) is 0. The van der Waals surface area contributed by atoms with Gasteiger partial charge in [0.05, 0.1) is 0 Å². The molecule has 0 amide bonds. The summed E-state index contributed by atoms with van der Waals surface area (Å²) in [6.45, 7) is 9.08. The van der Waals surface area contributed by atoms with Gasteiger partial charge >= 0.3 is 0 Å². The molecule has 1 heterocycles. The smallest absolute Gasteiger partial charge is 0.0485 e. The van der Waals surface area contributed by atoms with Crippen LogP contribution in [0, 0.1) is 6.92 Å². The molecule has 0 atom stereocenters. The predicted octanol–water partition coefficient (Wildman–Crippen LogP) is 4.56. The molecule has 0 aliphatic heterocycles. The van der Waals surface area contributed by atoms with E-state index in [4.69, 9.17) is 0 Å². The zero-order valence-electron chi connectivity index (χ0n) is 11.7. The van der Waals surface area contributed by atoms with Crippen LogP contribution in [0.4, 0.5) is 0 Å². The van der Waals surface area contributed by atoms with E-state index in [-0.39, 0.29) is 0 Å². The van der Waals surface area contributed by atoms with Crippen LogP contribution in [-0.2, 0) is 13.5 Å². The topological polar surface area (TPSA) is 4.93 Å². The predicted molar refractivity (Wildman–Crippen MR) is 75.7 cm³/mol. The number of hydrogen-bond donors (Lipinski definition) is 0. The largest absolute Gasteiger partial charge is 0.347 e. The molecule has 0 saturated carbocycles. The summed E-state index contributed by atoms with van der Waals surface area (Å²) < 4.78 is 2.39. The minimum absolute atomic E-state index is 0.591. The van der Waals surface area contributed by atoms with Gasteiger partial charge in [-0.05, 0) is 36.5 Å². The lowest BCUT2D eigenvalue weighted by atomic mass is 9.98. The van der Waals surface area contributed by atoms with Gasteiger partial charge in [0.15, 0.2) is 0 Å². The average molecular weight is 229 g/mol. The van der Waals surface area contributed by atoms with Crippen molar-refractivity contribution in [2.75, 3.05) is 0 Å². The summed E-state index contributed by atoms with van der Waals surface area (Å²) in [5, 5.41) is 1.49. The number of aromatic nitrogens is 1. The maximum absolute atomic E-state index is 2.39. The fraction of sp³-hybridized carbons (Fsp3) is 0.500. The molecule has 2 rings (SSSR count). The molecule has 0 bridgehead atoms. The van der Waals surface area contributed by atoms with E-state index in [1.807, 2.05) is 0 Å². The van der Waals surface area contributed by atoms with E-state index in [0.717, 1.165) is 0 Å². The molecular weight excluding hydrogens is 206 g/mol. The lowest BCUT2D eigenvalue weighted by Gasteiger charge is -2.11. The van der Waals surface area contributed by atoms with E-state index in [1.165, 1.54) is 35.0 Å². The maximum Gasteiger partial charge on any atom is 0.0485 e. The van der Waals surface area contributed by atoms with Gasteiger partial charge in [-0.3, -0.25) is 0 Å². The molecule has 0 aliphatic carbocycles. The fourth-order valence-electron chi connectivity index (χ4n) is 3.02. The molecule has 0 spiro atoms. The molecule has 1 nitrogen and oxygen atoms in total.